The molecule has 1 aliphatic rings. The van der Waals surface area contributed by atoms with E-state index in [4.69, 9.17) is 4.74 Å². The molecule has 2 amide bonds. The number of nitrogens with zero attached hydrogens (tertiary/aromatic N) is 1. The summed E-state index contributed by atoms with van der Waals surface area (Å²) in [5.74, 6) is -0.389. The van der Waals surface area contributed by atoms with E-state index in [0.717, 1.165) is 19.3 Å². The molecule has 5 heteroatoms. The average Bonchev–Trinajstić information content (AvgIpc) is 2.36. The maximum Gasteiger partial charge on any atom is 0.311 e. The van der Waals surface area contributed by atoms with Crippen LogP contribution in [-0.4, -0.2) is 49.1 Å². The minimum Gasteiger partial charge on any atom is -0.379 e. The number of carbonyl (C=O) groups is 2. The largest absolute Gasteiger partial charge is 0.379 e. The zero-order valence-corrected chi connectivity index (χ0v) is 12.3. The van der Waals surface area contributed by atoms with E-state index in [0.29, 0.717) is 32.2 Å². The number of rotatable bonds is 5. The van der Waals surface area contributed by atoms with Crippen LogP contribution in [0.25, 0.3) is 0 Å². The number of ether oxygens (including phenoxy) is 1. The van der Waals surface area contributed by atoms with Crippen molar-refractivity contribution in [3.05, 3.63) is 0 Å². The molecule has 1 fully saturated rings. The molecule has 1 unspecified atom stereocenters. The fraction of sp³-hybridized carbons (Fsp3) is 0.857. The molecule has 0 aromatic carbocycles. The lowest BCUT2D eigenvalue weighted by molar-refractivity contribution is -0.147. The molecule has 1 saturated heterocycles. The van der Waals surface area contributed by atoms with E-state index in [9.17, 15) is 9.59 Å². The number of hydrogen-bond acceptors (Lipinski definition) is 3. The van der Waals surface area contributed by atoms with Crippen molar-refractivity contribution in [2.24, 2.45) is 5.92 Å². The van der Waals surface area contributed by atoms with E-state index < -0.39 is 11.8 Å². The Kier molecular flexibility index (Phi) is 6.84. The molecular weight excluding hydrogens is 244 g/mol. The molecule has 110 valence electrons. The van der Waals surface area contributed by atoms with E-state index in [2.05, 4.69) is 12.2 Å². The zero-order valence-electron chi connectivity index (χ0n) is 12.3. The molecule has 0 radical (unpaired) electrons. The van der Waals surface area contributed by atoms with Crippen LogP contribution in [0.5, 0.6) is 0 Å². The van der Waals surface area contributed by atoms with Crippen molar-refractivity contribution in [2.45, 2.75) is 46.1 Å². The molecule has 0 aromatic rings. The molecule has 0 aromatic heterocycles. The minimum absolute atomic E-state index is 0.201. The molecule has 0 bridgehead atoms. The SMILES string of the molecule is CC1CCCN(C(=O)C(=O)NCCCOC(C)C)C1. The number of carbonyl (C=O) groups excluding carboxylic acids is 2. The van der Waals surface area contributed by atoms with Gasteiger partial charge in [0.2, 0.25) is 0 Å². The Hall–Kier alpha value is -1.10. The Morgan fingerprint density at radius 3 is 2.79 bits per heavy atom. The van der Waals surface area contributed by atoms with Crippen LogP contribution in [0.4, 0.5) is 0 Å². The topological polar surface area (TPSA) is 58.6 Å². The minimum atomic E-state index is -0.487. The first-order valence-corrected chi connectivity index (χ1v) is 7.19. The van der Waals surface area contributed by atoms with Gasteiger partial charge in [0.15, 0.2) is 0 Å². The lowest BCUT2D eigenvalue weighted by Gasteiger charge is -2.30. The molecule has 1 rings (SSSR count). The third-order valence-corrected chi connectivity index (χ3v) is 3.20. The fourth-order valence-corrected chi connectivity index (χ4v) is 2.19. The monoisotopic (exact) mass is 270 g/mol. The van der Waals surface area contributed by atoms with Crippen LogP contribution in [-0.2, 0) is 14.3 Å². The van der Waals surface area contributed by atoms with Gasteiger partial charge in [0, 0.05) is 26.2 Å². The lowest BCUT2D eigenvalue weighted by atomic mass is 10.0. The second-order valence-corrected chi connectivity index (χ2v) is 5.53. The van der Waals surface area contributed by atoms with Gasteiger partial charge in [-0.05, 0) is 39.0 Å². The van der Waals surface area contributed by atoms with Crippen molar-refractivity contribution < 1.29 is 14.3 Å². The Morgan fingerprint density at radius 1 is 1.42 bits per heavy atom. The fourth-order valence-electron chi connectivity index (χ4n) is 2.19. The third-order valence-electron chi connectivity index (χ3n) is 3.20. The molecule has 1 aliphatic heterocycles. The Labute approximate surface area is 115 Å². The summed E-state index contributed by atoms with van der Waals surface area (Å²) in [6.45, 7) is 8.54. The first-order valence-electron chi connectivity index (χ1n) is 7.19. The molecule has 0 saturated carbocycles. The van der Waals surface area contributed by atoms with Gasteiger partial charge in [-0.25, -0.2) is 0 Å². The Balaban J connectivity index is 2.19. The average molecular weight is 270 g/mol. The van der Waals surface area contributed by atoms with Gasteiger partial charge in [-0.2, -0.15) is 0 Å². The second-order valence-electron chi connectivity index (χ2n) is 5.53. The van der Waals surface area contributed by atoms with Gasteiger partial charge in [0.25, 0.3) is 0 Å². The van der Waals surface area contributed by atoms with Crippen molar-refractivity contribution in [2.75, 3.05) is 26.2 Å². The van der Waals surface area contributed by atoms with Gasteiger partial charge < -0.3 is 15.0 Å². The van der Waals surface area contributed by atoms with Crippen LogP contribution >= 0.6 is 0 Å². The van der Waals surface area contributed by atoms with Crippen LogP contribution in [0.2, 0.25) is 0 Å². The summed E-state index contributed by atoms with van der Waals surface area (Å²) in [6, 6.07) is 0. The van der Waals surface area contributed by atoms with Crippen molar-refractivity contribution in [1.82, 2.24) is 10.2 Å². The normalized spacial score (nSPS) is 19.6. The number of piperidine rings is 1. The van der Waals surface area contributed by atoms with E-state index >= 15 is 0 Å². The second kappa shape index (κ2) is 8.15. The van der Waals surface area contributed by atoms with E-state index in [1.54, 1.807) is 4.90 Å². The molecule has 19 heavy (non-hydrogen) atoms. The molecule has 1 heterocycles. The summed E-state index contributed by atoms with van der Waals surface area (Å²) in [6.07, 6.45) is 3.06. The summed E-state index contributed by atoms with van der Waals surface area (Å²) in [7, 11) is 0. The van der Waals surface area contributed by atoms with Gasteiger partial charge in [-0.1, -0.05) is 6.92 Å². The van der Waals surface area contributed by atoms with Crippen molar-refractivity contribution >= 4 is 11.8 Å². The molecule has 1 N–H and O–H groups in total. The van der Waals surface area contributed by atoms with E-state index in [-0.39, 0.29) is 6.10 Å². The predicted molar refractivity (Wildman–Crippen MR) is 73.7 cm³/mol. The summed E-state index contributed by atoms with van der Waals surface area (Å²) in [5.41, 5.74) is 0. The van der Waals surface area contributed by atoms with Gasteiger partial charge in [0.1, 0.15) is 0 Å². The summed E-state index contributed by atoms with van der Waals surface area (Å²) in [5, 5.41) is 2.66. The first kappa shape index (κ1) is 16.0. The molecule has 0 spiro atoms. The van der Waals surface area contributed by atoms with Crippen molar-refractivity contribution in [3.63, 3.8) is 0 Å². The number of nitrogens with one attached hydrogen (secondary N) is 1. The summed E-state index contributed by atoms with van der Waals surface area (Å²) in [4.78, 5) is 25.3. The quantitative estimate of drug-likeness (QED) is 0.603. The third kappa shape index (κ3) is 6.05. The van der Waals surface area contributed by atoms with Gasteiger partial charge in [0.05, 0.1) is 6.10 Å². The van der Waals surface area contributed by atoms with Crippen LogP contribution in [0, 0.1) is 5.92 Å². The highest BCUT2D eigenvalue weighted by Gasteiger charge is 2.25. The zero-order chi connectivity index (χ0) is 14.3. The van der Waals surface area contributed by atoms with Crippen LogP contribution in [0.1, 0.15) is 40.0 Å². The van der Waals surface area contributed by atoms with Crippen LogP contribution in [0.15, 0.2) is 0 Å². The van der Waals surface area contributed by atoms with Crippen LogP contribution < -0.4 is 5.32 Å². The van der Waals surface area contributed by atoms with E-state index in [1.165, 1.54) is 0 Å². The molecule has 1 atom stereocenters. The maximum absolute atomic E-state index is 11.9. The van der Waals surface area contributed by atoms with Gasteiger partial charge in [-0.3, -0.25) is 9.59 Å². The van der Waals surface area contributed by atoms with Gasteiger partial charge >= 0.3 is 11.8 Å². The molecule has 5 nitrogen and oxygen atoms in total. The smallest absolute Gasteiger partial charge is 0.311 e. The highest BCUT2D eigenvalue weighted by atomic mass is 16.5. The number of amides is 2. The molecule has 0 aliphatic carbocycles. The Bertz CT molecular complexity index is 305. The lowest BCUT2D eigenvalue weighted by Crippen LogP contribution is -2.47. The summed E-state index contributed by atoms with van der Waals surface area (Å²) < 4.78 is 5.37. The highest BCUT2D eigenvalue weighted by Crippen LogP contribution is 2.15. The standard InChI is InChI=1S/C14H26N2O3/c1-11(2)19-9-5-7-15-13(17)14(18)16-8-4-6-12(3)10-16/h11-12H,4-10H2,1-3H3,(H,15,17). The van der Waals surface area contributed by atoms with E-state index in [1.807, 2.05) is 13.8 Å². The van der Waals surface area contributed by atoms with Gasteiger partial charge in [-0.15, -0.1) is 0 Å². The number of hydrogen-bond donors (Lipinski definition) is 1. The summed E-state index contributed by atoms with van der Waals surface area (Å²) >= 11 is 0. The Morgan fingerprint density at radius 2 is 2.16 bits per heavy atom. The first-order chi connectivity index (χ1) is 9.00. The highest BCUT2D eigenvalue weighted by molar-refractivity contribution is 6.35. The number of likely N-dealkylation sites (tertiary alicyclic amines) is 1. The molecular formula is C14H26N2O3. The maximum atomic E-state index is 11.9. The van der Waals surface area contributed by atoms with Crippen LogP contribution in [0.3, 0.4) is 0 Å². The van der Waals surface area contributed by atoms with Crippen molar-refractivity contribution in [1.29, 1.82) is 0 Å². The predicted octanol–water partition coefficient (Wildman–Crippen LogP) is 1.18. The van der Waals surface area contributed by atoms with Crippen molar-refractivity contribution in [3.8, 4) is 0 Å².